The van der Waals surface area contributed by atoms with E-state index in [1.807, 2.05) is 73.7 Å². The Labute approximate surface area is 215 Å². The Kier molecular flexibility index (Phi) is 6.08. The number of rotatable bonds is 5. The fraction of sp³-hybridized carbons (Fsp3) is 0.258. The summed E-state index contributed by atoms with van der Waals surface area (Å²) in [7, 11) is 0. The van der Waals surface area contributed by atoms with Gasteiger partial charge in [0, 0.05) is 29.3 Å². The molecule has 3 atom stereocenters. The first-order valence-electron chi connectivity index (χ1n) is 12.5. The van der Waals surface area contributed by atoms with Crippen molar-refractivity contribution >= 4 is 17.5 Å². The number of benzene rings is 3. The zero-order valence-electron chi connectivity index (χ0n) is 20.6. The van der Waals surface area contributed by atoms with Crippen LogP contribution in [0.1, 0.15) is 48.3 Å². The number of Topliss-reactive ketones (excluding diaryl/α,β-unsaturated/α-hetero) is 1. The SMILES string of the molecule is CC1=NC2=C(C(=O)C[C@@H](c3ccccc3)C2)[C@@H](c2ccc3c(c2)OCO3)C1C(=O)OCc1ccccc1. The Balaban J connectivity index is 1.38. The average Bonchev–Trinajstić information content (AvgIpc) is 3.40. The third-order valence-electron chi connectivity index (χ3n) is 7.39. The van der Waals surface area contributed by atoms with Crippen molar-refractivity contribution in [1.29, 1.82) is 0 Å². The van der Waals surface area contributed by atoms with E-state index in [0.717, 1.165) is 22.4 Å². The Hall–Kier alpha value is -4.19. The summed E-state index contributed by atoms with van der Waals surface area (Å²) in [5, 5.41) is 0. The molecule has 3 aromatic carbocycles. The summed E-state index contributed by atoms with van der Waals surface area (Å²) in [5.41, 5.74) is 4.87. The van der Waals surface area contributed by atoms with E-state index < -0.39 is 17.8 Å². The van der Waals surface area contributed by atoms with E-state index in [2.05, 4.69) is 12.1 Å². The molecular formula is C31H27NO5. The fourth-order valence-electron chi connectivity index (χ4n) is 5.61. The minimum atomic E-state index is -0.708. The van der Waals surface area contributed by atoms with Crippen LogP contribution in [0.5, 0.6) is 11.5 Å². The molecule has 0 spiro atoms. The number of fused-ring (bicyclic) bond motifs is 1. The van der Waals surface area contributed by atoms with Gasteiger partial charge in [-0.25, -0.2) is 0 Å². The topological polar surface area (TPSA) is 74.2 Å². The van der Waals surface area contributed by atoms with Crippen molar-refractivity contribution < 1.29 is 23.8 Å². The first kappa shape index (κ1) is 23.2. The van der Waals surface area contributed by atoms with E-state index >= 15 is 0 Å². The molecule has 3 aliphatic rings. The van der Waals surface area contributed by atoms with Crippen LogP contribution in [0.4, 0.5) is 0 Å². The van der Waals surface area contributed by atoms with E-state index in [1.165, 1.54) is 0 Å². The highest BCUT2D eigenvalue weighted by molar-refractivity contribution is 6.09. The van der Waals surface area contributed by atoms with Crippen LogP contribution in [0, 0.1) is 5.92 Å². The molecule has 0 amide bonds. The molecule has 0 saturated carbocycles. The molecule has 0 saturated heterocycles. The highest BCUT2D eigenvalue weighted by atomic mass is 16.7. The molecule has 0 radical (unpaired) electrons. The smallest absolute Gasteiger partial charge is 0.315 e. The number of nitrogens with zero attached hydrogens (tertiary/aromatic N) is 1. The van der Waals surface area contributed by atoms with E-state index in [1.54, 1.807) is 0 Å². The highest BCUT2D eigenvalue weighted by Gasteiger charge is 2.45. The number of ether oxygens (including phenoxy) is 3. The molecule has 1 aliphatic carbocycles. The van der Waals surface area contributed by atoms with Gasteiger partial charge in [0.2, 0.25) is 6.79 Å². The van der Waals surface area contributed by atoms with Gasteiger partial charge in [-0.2, -0.15) is 0 Å². The molecule has 3 aromatic rings. The van der Waals surface area contributed by atoms with E-state index in [4.69, 9.17) is 19.2 Å². The van der Waals surface area contributed by atoms with Crippen LogP contribution in [0.2, 0.25) is 0 Å². The molecule has 1 unspecified atom stereocenters. The molecule has 6 heteroatoms. The molecule has 186 valence electrons. The van der Waals surface area contributed by atoms with Gasteiger partial charge in [0.25, 0.3) is 0 Å². The van der Waals surface area contributed by atoms with Crippen LogP contribution >= 0.6 is 0 Å². The van der Waals surface area contributed by atoms with E-state index in [-0.39, 0.29) is 25.1 Å². The summed E-state index contributed by atoms with van der Waals surface area (Å²) < 4.78 is 16.9. The van der Waals surface area contributed by atoms with Crippen LogP contribution in [-0.2, 0) is 20.9 Å². The van der Waals surface area contributed by atoms with Crippen LogP contribution in [-0.4, -0.2) is 24.3 Å². The number of aliphatic imine (C=N–C) groups is 1. The van der Waals surface area contributed by atoms with Gasteiger partial charge in [-0.3, -0.25) is 14.6 Å². The van der Waals surface area contributed by atoms with Crippen molar-refractivity contribution in [2.45, 2.75) is 38.2 Å². The van der Waals surface area contributed by atoms with Gasteiger partial charge in [0.05, 0.1) is 0 Å². The molecular weight excluding hydrogens is 466 g/mol. The lowest BCUT2D eigenvalue weighted by Crippen LogP contribution is -2.38. The molecule has 2 heterocycles. The second-order valence-electron chi connectivity index (χ2n) is 9.71. The third-order valence-corrected chi connectivity index (χ3v) is 7.39. The van der Waals surface area contributed by atoms with Gasteiger partial charge in [-0.05, 0) is 48.1 Å². The maximum Gasteiger partial charge on any atom is 0.315 e. The normalized spacial score (nSPS) is 22.4. The molecule has 6 rings (SSSR count). The molecule has 37 heavy (non-hydrogen) atoms. The molecule has 2 aliphatic heterocycles. The van der Waals surface area contributed by atoms with Crippen LogP contribution < -0.4 is 9.47 Å². The average molecular weight is 494 g/mol. The zero-order valence-corrected chi connectivity index (χ0v) is 20.6. The van der Waals surface area contributed by atoms with Crippen LogP contribution in [0.25, 0.3) is 0 Å². The van der Waals surface area contributed by atoms with E-state index in [9.17, 15) is 9.59 Å². The maximum absolute atomic E-state index is 13.7. The molecule has 0 bridgehead atoms. The Bertz CT molecular complexity index is 1410. The summed E-state index contributed by atoms with van der Waals surface area (Å²) in [6, 6.07) is 25.3. The second-order valence-corrected chi connectivity index (χ2v) is 9.71. The number of esters is 1. The fourth-order valence-corrected chi connectivity index (χ4v) is 5.61. The van der Waals surface area contributed by atoms with Crippen molar-refractivity contribution in [2.24, 2.45) is 10.9 Å². The van der Waals surface area contributed by atoms with Gasteiger partial charge < -0.3 is 14.2 Å². The van der Waals surface area contributed by atoms with Crippen molar-refractivity contribution in [1.82, 2.24) is 0 Å². The summed E-state index contributed by atoms with van der Waals surface area (Å²) in [4.78, 5) is 32.2. The monoisotopic (exact) mass is 493 g/mol. The summed E-state index contributed by atoms with van der Waals surface area (Å²) >= 11 is 0. The van der Waals surface area contributed by atoms with Crippen molar-refractivity contribution in [2.75, 3.05) is 6.79 Å². The number of hydrogen-bond acceptors (Lipinski definition) is 6. The quantitative estimate of drug-likeness (QED) is 0.424. The Morgan fingerprint density at radius 3 is 2.43 bits per heavy atom. The first-order chi connectivity index (χ1) is 18.1. The molecule has 6 nitrogen and oxygen atoms in total. The summed E-state index contributed by atoms with van der Waals surface area (Å²) in [6.45, 7) is 2.17. The molecule has 0 N–H and O–H groups in total. The van der Waals surface area contributed by atoms with Gasteiger partial charge in [0.15, 0.2) is 17.3 Å². The standard InChI is InChI=1S/C31H27NO5/c1-19-28(31(34)35-17-20-8-4-2-5-9-20)29(22-12-13-26-27(16-22)37-18-36-26)30-24(32-19)14-23(15-25(30)33)21-10-6-3-7-11-21/h2-13,16,23,28-29H,14-15,17-18H2,1H3/t23-,28?,29-/m0/s1. The van der Waals surface area contributed by atoms with Crippen molar-refractivity contribution in [3.63, 3.8) is 0 Å². The van der Waals surface area contributed by atoms with Crippen molar-refractivity contribution in [3.8, 4) is 11.5 Å². The number of hydrogen-bond donors (Lipinski definition) is 0. The van der Waals surface area contributed by atoms with Gasteiger partial charge in [-0.1, -0.05) is 66.7 Å². The maximum atomic E-state index is 13.7. The molecule has 0 aromatic heterocycles. The second kappa shape index (κ2) is 9.69. The minimum Gasteiger partial charge on any atom is -0.460 e. The van der Waals surface area contributed by atoms with Gasteiger partial charge in [0.1, 0.15) is 12.5 Å². The van der Waals surface area contributed by atoms with Crippen LogP contribution in [0.15, 0.2) is 95.1 Å². The largest absolute Gasteiger partial charge is 0.460 e. The first-order valence-corrected chi connectivity index (χ1v) is 12.5. The van der Waals surface area contributed by atoms with Gasteiger partial charge in [-0.15, -0.1) is 0 Å². The number of carbonyl (C=O) groups is 2. The number of carbonyl (C=O) groups excluding carboxylic acids is 2. The molecule has 0 fully saturated rings. The predicted molar refractivity (Wildman–Crippen MR) is 139 cm³/mol. The summed E-state index contributed by atoms with van der Waals surface area (Å²) in [6.07, 6.45) is 1.03. The lowest BCUT2D eigenvalue weighted by Gasteiger charge is -2.36. The van der Waals surface area contributed by atoms with E-state index in [0.29, 0.717) is 35.6 Å². The predicted octanol–water partition coefficient (Wildman–Crippen LogP) is 5.73. The van der Waals surface area contributed by atoms with Gasteiger partial charge >= 0.3 is 5.97 Å². The number of ketones is 1. The van der Waals surface area contributed by atoms with Crippen LogP contribution in [0.3, 0.4) is 0 Å². The zero-order chi connectivity index (χ0) is 25.4. The lowest BCUT2D eigenvalue weighted by molar-refractivity contribution is -0.148. The summed E-state index contributed by atoms with van der Waals surface area (Å²) in [5.74, 6) is -0.257. The Morgan fingerprint density at radius 1 is 0.919 bits per heavy atom. The number of allylic oxidation sites excluding steroid dienone is 2. The third kappa shape index (κ3) is 4.44. The highest BCUT2D eigenvalue weighted by Crippen LogP contribution is 2.48. The minimum absolute atomic E-state index is 0.0230. The lowest BCUT2D eigenvalue weighted by atomic mass is 9.69. The Morgan fingerprint density at radius 2 is 1.65 bits per heavy atom. The van der Waals surface area contributed by atoms with Crippen molar-refractivity contribution in [3.05, 3.63) is 107 Å².